The highest BCUT2D eigenvalue weighted by atomic mass is 33.1. The predicted molar refractivity (Wildman–Crippen MR) is 122 cm³/mol. The zero-order valence-electron chi connectivity index (χ0n) is 18.3. The van der Waals surface area contributed by atoms with Crippen LogP contribution in [0.3, 0.4) is 0 Å². The van der Waals surface area contributed by atoms with Crippen molar-refractivity contribution in [2.45, 2.75) is 57.8 Å². The Hall–Kier alpha value is -2.21. The van der Waals surface area contributed by atoms with E-state index < -0.39 is 60.4 Å². The van der Waals surface area contributed by atoms with Gasteiger partial charge in [-0.25, -0.2) is 0 Å². The Kier molecular flexibility index (Phi) is 10.4. The Morgan fingerprint density at radius 3 is 2.47 bits per heavy atom. The number of hydrogen-bond acceptors (Lipinski definition) is 8. The van der Waals surface area contributed by atoms with E-state index in [1.165, 1.54) is 28.5 Å². The fraction of sp³-hybridized carbons (Fsp3) is 0.650. The normalized spacial score (nSPS) is 30.3. The summed E-state index contributed by atoms with van der Waals surface area (Å²) in [6.45, 7) is 4.64. The van der Waals surface area contributed by atoms with E-state index in [1.54, 1.807) is 19.9 Å². The lowest BCUT2D eigenvalue weighted by Gasteiger charge is -2.26. The summed E-state index contributed by atoms with van der Waals surface area (Å²) in [7, 11) is 2.96. The number of nitrogens with one attached hydrogen (secondary N) is 4. The van der Waals surface area contributed by atoms with Gasteiger partial charge < -0.3 is 26.0 Å². The maximum absolute atomic E-state index is 12.9. The molecule has 12 heteroatoms. The van der Waals surface area contributed by atoms with Crippen molar-refractivity contribution < 1.29 is 28.7 Å². The minimum absolute atomic E-state index is 0.172. The molecule has 4 N–H and O–H groups in total. The average Bonchev–Trinajstić information content (AvgIpc) is 2.72. The van der Waals surface area contributed by atoms with Crippen LogP contribution in [0.5, 0.6) is 0 Å². The molecular formula is C20H30N4O6S2. The second-order valence-electron chi connectivity index (χ2n) is 7.85. The standard InChI is InChI=1S/C20H30N4O6S2/c1-11(2)17-20(29)23-14-10-32-31-7-5-4-6-13(8-15(25)24-17)30-16(26)9-21-18(27)12(3)22-19(14)28/h4,6,11-14,17H,5,7-10H2,1-3H3,(H,21,27)(H,22,28)(H,23,29)(H,24,25)/b6-4+/t12-,13?,14+,17+/m0/s1. The third-order valence-corrected chi connectivity index (χ3v) is 7.21. The molecule has 0 aromatic heterocycles. The molecule has 0 radical (unpaired) electrons. The van der Waals surface area contributed by atoms with Crippen LogP contribution in [0.15, 0.2) is 12.2 Å². The molecule has 178 valence electrons. The first-order chi connectivity index (χ1) is 15.2. The van der Waals surface area contributed by atoms with Crippen molar-refractivity contribution in [2.24, 2.45) is 5.92 Å². The summed E-state index contributed by atoms with van der Waals surface area (Å²) in [6, 6.07) is -2.71. The molecule has 2 rings (SSSR count). The van der Waals surface area contributed by atoms with Crippen molar-refractivity contribution in [1.29, 1.82) is 0 Å². The number of fused-ring (bicyclic) bond motifs is 7. The minimum atomic E-state index is -0.924. The van der Waals surface area contributed by atoms with Crippen LogP contribution in [-0.4, -0.2) is 71.9 Å². The summed E-state index contributed by atoms with van der Waals surface area (Å²) in [5, 5.41) is 10.4. The van der Waals surface area contributed by atoms with Crippen LogP contribution < -0.4 is 21.3 Å². The summed E-state index contributed by atoms with van der Waals surface area (Å²) >= 11 is 0. The fourth-order valence-corrected chi connectivity index (χ4v) is 5.14. The lowest BCUT2D eigenvalue weighted by molar-refractivity contribution is -0.148. The second kappa shape index (κ2) is 12.7. The van der Waals surface area contributed by atoms with Gasteiger partial charge in [0.25, 0.3) is 0 Å². The molecule has 0 saturated carbocycles. The van der Waals surface area contributed by atoms with Crippen molar-refractivity contribution in [3.8, 4) is 0 Å². The van der Waals surface area contributed by atoms with Gasteiger partial charge in [-0.05, 0) is 25.3 Å². The summed E-state index contributed by atoms with van der Waals surface area (Å²) in [5.74, 6) is -2.01. The molecule has 2 aliphatic rings. The van der Waals surface area contributed by atoms with Gasteiger partial charge in [0.2, 0.25) is 23.6 Å². The van der Waals surface area contributed by atoms with Gasteiger partial charge in [-0.1, -0.05) is 41.5 Å². The molecule has 4 atom stereocenters. The summed E-state index contributed by atoms with van der Waals surface area (Å²) in [6.07, 6.45) is 3.12. The highest BCUT2D eigenvalue weighted by Gasteiger charge is 2.31. The summed E-state index contributed by atoms with van der Waals surface area (Å²) < 4.78 is 5.36. The topological polar surface area (TPSA) is 143 Å². The van der Waals surface area contributed by atoms with Gasteiger partial charge in [0.1, 0.15) is 30.8 Å². The van der Waals surface area contributed by atoms with Crippen LogP contribution in [0.25, 0.3) is 0 Å². The number of hydrogen-bond donors (Lipinski definition) is 4. The molecular weight excluding hydrogens is 456 g/mol. The zero-order valence-corrected chi connectivity index (χ0v) is 20.0. The number of amides is 4. The Labute approximate surface area is 195 Å². The van der Waals surface area contributed by atoms with E-state index >= 15 is 0 Å². The number of ether oxygens (including phenoxy) is 1. The highest BCUT2D eigenvalue weighted by molar-refractivity contribution is 8.76. The van der Waals surface area contributed by atoms with Crippen molar-refractivity contribution in [3.63, 3.8) is 0 Å². The van der Waals surface area contributed by atoms with E-state index in [0.29, 0.717) is 6.42 Å². The molecule has 2 heterocycles. The zero-order chi connectivity index (χ0) is 23.7. The van der Waals surface area contributed by atoms with Gasteiger partial charge in [0.05, 0.1) is 6.42 Å². The largest absolute Gasteiger partial charge is 0.456 e. The van der Waals surface area contributed by atoms with Gasteiger partial charge in [-0.15, -0.1) is 0 Å². The van der Waals surface area contributed by atoms with E-state index in [-0.39, 0.29) is 18.1 Å². The number of allylic oxidation sites excluding steroid dienone is 1. The van der Waals surface area contributed by atoms with Gasteiger partial charge in [-0.3, -0.25) is 24.0 Å². The van der Waals surface area contributed by atoms with E-state index in [9.17, 15) is 24.0 Å². The average molecular weight is 487 g/mol. The van der Waals surface area contributed by atoms with Crippen LogP contribution in [0.1, 0.15) is 33.6 Å². The SMILES string of the molecule is CC(C)[C@H]1NC(=O)CC2/C=C/CCSSC[C@@H](NC1=O)C(=O)N[C@@H](C)C(=O)NCC(=O)O2. The van der Waals surface area contributed by atoms with E-state index in [0.717, 1.165) is 5.75 Å². The van der Waals surface area contributed by atoms with E-state index in [2.05, 4.69) is 21.3 Å². The Morgan fingerprint density at radius 1 is 1.00 bits per heavy atom. The Morgan fingerprint density at radius 2 is 1.75 bits per heavy atom. The molecule has 4 amide bonds. The molecule has 1 saturated heterocycles. The van der Waals surface area contributed by atoms with Crippen LogP contribution in [-0.2, 0) is 28.7 Å². The van der Waals surface area contributed by atoms with Crippen LogP contribution in [0.2, 0.25) is 0 Å². The monoisotopic (exact) mass is 486 g/mol. The van der Waals surface area contributed by atoms with Gasteiger partial charge in [0.15, 0.2) is 0 Å². The van der Waals surface area contributed by atoms with Crippen LogP contribution >= 0.6 is 21.6 Å². The molecule has 10 nitrogen and oxygen atoms in total. The Balaban J connectivity index is 2.40. The lowest BCUT2D eigenvalue weighted by atomic mass is 10.0. The first kappa shape index (κ1) is 26.0. The van der Waals surface area contributed by atoms with Crippen LogP contribution in [0.4, 0.5) is 0 Å². The molecule has 0 spiro atoms. The maximum atomic E-state index is 12.9. The predicted octanol–water partition coefficient (Wildman–Crippen LogP) is -0.110. The third kappa shape index (κ3) is 8.38. The number of esters is 1. The first-order valence-electron chi connectivity index (χ1n) is 10.5. The molecule has 2 bridgehead atoms. The third-order valence-electron chi connectivity index (χ3n) is 4.76. The molecule has 1 unspecified atom stereocenters. The number of rotatable bonds is 1. The van der Waals surface area contributed by atoms with E-state index in [1.807, 2.05) is 6.08 Å². The van der Waals surface area contributed by atoms with Crippen molar-refractivity contribution in [2.75, 3.05) is 18.1 Å². The number of carbonyl (C=O) groups is 5. The fourth-order valence-electron chi connectivity index (χ4n) is 2.99. The van der Waals surface area contributed by atoms with Gasteiger partial charge >= 0.3 is 5.97 Å². The minimum Gasteiger partial charge on any atom is -0.456 e. The Bertz CT molecular complexity index is 760. The summed E-state index contributed by atoms with van der Waals surface area (Å²) in [4.78, 5) is 62.9. The molecule has 0 aromatic rings. The van der Waals surface area contributed by atoms with Gasteiger partial charge in [0, 0.05) is 11.5 Å². The van der Waals surface area contributed by atoms with Crippen LogP contribution in [0, 0.1) is 5.92 Å². The number of carbonyl (C=O) groups excluding carboxylic acids is 5. The lowest BCUT2D eigenvalue weighted by Crippen LogP contribution is -2.58. The molecule has 1 fully saturated rings. The smallest absolute Gasteiger partial charge is 0.326 e. The molecule has 0 aromatic carbocycles. The van der Waals surface area contributed by atoms with Crippen molar-refractivity contribution in [3.05, 3.63) is 12.2 Å². The second-order valence-corrected chi connectivity index (χ2v) is 10.5. The van der Waals surface area contributed by atoms with Crippen molar-refractivity contribution >= 4 is 51.2 Å². The summed E-state index contributed by atoms with van der Waals surface area (Å²) in [5.41, 5.74) is 0. The van der Waals surface area contributed by atoms with E-state index in [4.69, 9.17) is 4.74 Å². The van der Waals surface area contributed by atoms with Crippen molar-refractivity contribution in [1.82, 2.24) is 21.3 Å². The molecule has 2 aliphatic heterocycles. The quantitative estimate of drug-likeness (QED) is 0.228. The highest BCUT2D eigenvalue weighted by Crippen LogP contribution is 2.23. The molecule has 32 heavy (non-hydrogen) atoms. The maximum Gasteiger partial charge on any atom is 0.326 e. The molecule has 0 aliphatic carbocycles. The first-order valence-corrected chi connectivity index (χ1v) is 12.9. The van der Waals surface area contributed by atoms with Gasteiger partial charge in [-0.2, -0.15) is 0 Å².